The highest BCUT2D eigenvalue weighted by molar-refractivity contribution is 5.31. The molecule has 0 bridgehead atoms. The lowest BCUT2D eigenvalue weighted by Gasteiger charge is -2.18. The number of hydrogen-bond donors (Lipinski definition) is 1. The second-order valence-electron chi connectivity index (χ2n) is 4.56. The van der Waals surface area contributed by atoms with E-state index in [1.54, 1.807) is 6.07 Å². The number of hydrogen-bond acceptors (Lipinski definition) is 3. The van der Waals surface area contributed by atoms with Gasteiger partial charge in [-0.25, -0.2) is 4.39 Å². The van der Waals surface area contributed by atoms with Crippen molar-refractivity contribution in [3.8, 4) is 5.75 Å². The van der Waals surface area contributed by atoms with E-state index in [1.807, 2.05) is 13.0 Å². The number of rotatable bonds is 3. The van der Waals surface area contributed by atoms with Crippen LogP contribution in [-0.4, -0.2) is 19.8 Å². The molecule has 0 aromatic heterocycles. The van der Waals surface area contributed by atoms with Crippen LogP contribution in [0.2, 0.25) is 0 Å². The van der Waals surface area contributed by atoms with Crippen LogP contribution >= 0.6 is 0 Å². The van der Waals surface area contributed by atoms with Crippen LogP contribution in [0, 0.1) is 11.7 Å². The van der Waals surface area contributed by atoms with Crippen LogP contribution in [0.3, 0.4) is 0 Å². The monoisotopic (exact) mass is 239 g/mol. The summed E-state index contributed by atoms with van der Waals surface area (Å²) in [6.07, 6.45) is 1.17. The maximum atomic E-state index is 13.6. The Morgan fingerprint density at radius 1 is 1.53 bits per heavy atom. The van der Waals surface area contributed by atoms with Gasteiger partial charge in [-0.2, -0.15) is 0 Å². The van der Waals surface area contributed by atoms with E-state index in [-0.39, 0.29) is 29.6 Å². The Hall–Kier alpha value is -1.13. The first-order valence-corrected chi connectivity index (χ1v) is 5.82. The van der Waals surface area contributed by atoms with Gasteiger partial charge in [0.15, 0.2) is 11.6 Å². The topological polar surface area (TPSA) is 44.5 Å². The van der Waals surface area contributed by atoms with Gasteiger partial charge in [-0.05, 0) is 31.0 Å². The van der Waals surface area contributed by atoms with E-state index < -0.39 is 0 Å². The second kappa shape index (κ2) is 5.02. The first kappa shape index (κ1) is 12.3. The van der Waals surface area contributed by atoms with Crippen molar-refractivity contribution in [1.82, 2.24) is 0 Å². The number of nitrogens with two attached hydrogens (primary N) is 1. The predicted molar refractivity (Wildman–Crippen MR) is 63.4 cm³/mol. The third-order valence-electron chi connectivity index (χ3n) is 3.30. The fraction of sp³-hybridized carbons (Fsp3) is 0.538. The van der Waals surface area contributed by atoms with Crippen molar-refractivity contribution in [3.63, 3.8) is 0 Å². The summed E-state index contributed by atoms with van der Waals surface area (Å²) in [5.74, 6) is 0.141. The largest absolute Gasteiger partial charge is 0.494 e. The molecule has 3 unspecified atom stereocenters. The molecule has 1 fully saturated rings. The Bertz CT molecular complexity index is 397. The van der Waals surface area contributed by atoms with Gasteiger partial charge in [-0.3, -0.25) is 0 Å². The van der Waals surface area contributed by atoms with E-state index in [0.717, 1.165) is 12.0 Å². The molecule has 1 heterocycles. The average molecular weight is 239 g/mol. The zero-order valence-electron chi connectivity index (χ0n) is 10.2. The number of methoxy groups -OCH3 is 1. The Labute approximate surface area is 101 Å². The lowest BCUT2D eigenvalue weighted by Crippen LogP contribution is -2.21. The molecular formula is C13H18FNO2. The molecule has 2 N–H and O–H groups in total. The van der Waals surface area contributed by atoms with Crippen molar-refractivity contribution >= 4 is 0 Å². The summed E-state index contributed by atoms with van der Waals surface area (Å²) >= 11 is 0. The summed E-state index contributed by atoms with van der Waals surface area (Å²) < 4.78 is 23.9. The van der Waals surface area contributed by atoms with Crippen LogP contribution in [0.15, 0.2) is 18.2 Å². The van der Waals surface area contributed by atoms with Crippen molar-refractivity contribution in [2.24, 2.45) is 11.7 Å². The SMILES string of the molecule is COc1ccc(C(N)C2COC(C)C2)cc1F. The van der Waals surface area contributed by atoms with E-state index in [2.05, 4.69) is 0 Å². The molecule has 1 aliphatic heterocycles. The lowest BCUT2D eigenvalue weighted by atomic mass is 9.92. The first-order chi connectivity index (χ1) is 8.11. The van der Waals surface area contributed by atoms with Crippen LogP contribution in [0.5, 0.6) is 5.75 Å². The molecule has 0 saturated carbocycles. The number of ether oxygens (including phenoxy) is 2. The predicted octanol–water partition coefficient (Wildman–Crippen LogP) is 2.26. The Morgan fingerprint density at radius 2 is 2.29 bits per heavy atom. The molecule has 1 aliphatic rings. The first-order valence-electron chi connectivity index (χ1n) is 5.82. The fourth-order valence-corrected chi connectivity index (χ4v) is 2.26. The van der Waals surface area contributed by atoms with Crippen molar-refractivity contribution in [3.05, 3.63) is 29.6 Å². The summed E-state index contributed by atoms with van der Waals surface area (Å²) in [5, 5.41) is 0. The molecule has 0 aliphatic carbocycles. The highest BCUT2D eigenvalue weighted by atomic mass is 19.1. The molecule has 3 nitrogen and oxygen atoms in total. The lowest BCUT2D eigenvalue weighted by molar-refractivity contribution is 0.118. The third-order valence-corrected chi connectivity index (χ3v) is 3.30. The Morgan fingerprint density at radius 3 is 2.82 bits per heavy atom. The summed E-state index contributed by atoms with van der Waals surface area (Å²) in [4.78, 5) is 0. The van der Waals surface area contributed by atoms with Gasteiger partial charge < -0.3 is 15.2 Å². The Kier molecular flexibility index (Phi) is 3.64. The highest BCUT2D eigenvalue weighted by Crippen LogP contribution is 2.31. The van der Waals surface area contributed by atoms with E-state index in [4.69, 9.17) is 15.2 Å². The molecule has 0 spiro atoms. The van der Waals surface area contributed by atoms with Crippen molar-refractivity contribution in [2.75, 3.05) is 13.7 Å². The van der Waals surface area contributed by atoms with Crippen molar-refractivity contribution < 1.29 is 13.9 Å². The van der Waals surface area contributed by atoms with Gasteiger partial charge >= 0.3 is 0 Å². The van der Waals surface area contributed by atoms with E-state index in [1.165, 1.54) is 13.2 Å². The van der Waals surface area contributed by atoms with Crippen molar-refractivity contribution in [2.45, 2.75) is 25.5 Å². The van der Waals surface area contributed by atoms with Gasteiger partial charge in [0.1, 0.15) is 0 Å². The second-order valence-corrected chi connectivity index (χ2v) is 4.56. The maximum Gasteiger partial charge on any atom is 0.165 e. The average Bonchev–Trinajstić information content (AvgIpc) is 2.75. The standard InChI is InChI=1S/C13H18FNO2/c1-8-5-10(7-17-8)13(15)9-3-4-12(16-2)11(14)6-9/h3-4,6,8,10,13H,5,7,15H2,1-2H3. The summed E-state index contributed by atoms with van der Waals surface area (Å²) in [7, 11) is 1.45. The van der Waals surface area contributed by atoms with Crippen LogP contribution in [0.25, 0.3) is 0 Å². The normalized spacial score (nSPS) is 25.9. The molecule has 94 valence electrons. The van der Waals surface area contributed by atoms with Crippen LogP contribution in [-0.2, 0) is 4.74 Å². The zero-order chi connectivity index (χ0) is 12.4. The highest BCUT2D eigenvalue weighted by Gasteiger charge is 2.28. The molecule has 4 heteroatoms. The quantitative estimate of drug-likeness (QED) is 0.880. The van der Waals surface area contributed by atoms with Crippen LogP contribution < -0.4 is 10.5 Å². The number of benzene rings is 1. The number of halogens is 1. The summed E-state index contributed by atoms with van der Waals surface area (Å²) in [6.45, 7) is 2.68. The zero-order valence-corrected chi connectivity index (χ0v) is 10.2. The fourth-order valence-electron chi connectivity index (χ4n) is 2.26. The van der Waals surface area contributed by atoms with Gasteiger partial charge in [0.25, 0.3) is 0 Å². The summed E-state index contributed by atoms with van der Waals surface area (Å²) in [5.41, 5.74) is 6.93. The van der Waals surface area contributed by atoms with Gasteiger partial charge in [0.05, 0.1) is 19.8 Å². The minimum absolute atomic E-state index is 0.180. The van der Waals surface area contributed by atoms with E-state index >= 15 is 0 Å². The van der Waals surface area contributed by atoms with Gasteiger partial charge in [-0.15, -0.1) is 0 Å². The van der Waals surface area contributed by atoms with Crippen LogP contribution in [0.4, 0.5) is 4.39 Å². The molecule has 2 rings (SSSR count). The molecule has 0 amide bonds. The van der Waals surface area contributed by atoms with Gasteiger partial charge in [-0.1, -0.05) is 6.07 Å². The molecule has 0 radical (unpaired) electrons. The third kappa shape index (κ3) is 2.58. The van der Waals surface area contributed by atoms with E-state index in [9.17, 15) is 4.39 Å². The van der Waals surface area contributed by atoms with Crippen LogP contribution in [0.1, 0.15) is 24.9 Å². The van der Waals surface area contributed by atoms with Gasteiger partial charge in [0, 0.05) is 12.0 Å². The van der Waals surface area contributed by atoms with Gasteiger partial charge in [0.2, 0.25) is 0 Å². The molecule has 1 aromatic rings. The molecule has 17 heavy (non-hydrogen) atoms. The molecule has 1 saturated heterocycles. The molecule has 3 atom stereocenters. The van der Waals surface area contributed by atoms with Crippen molar-refractivity contribution in [1.29, 1.82) is 0 Å². The summed E-state index contributed by atoms with van der Waals surface area (Å²) in [6, 6.07) is 4.70. The molecule has 1 aromatic carbocycles. The maximum absolute atomic E-state index is 13.6. The Balaban J connectivity index is 2.14. The van der Waals surface area contributed by atoms with E-state index in [0.29, 0.717) is 6.61 Å². The molecular weight excluding hydrogens is 221 g/mol. The minimum atomic E-state index is -0.368. The smallest absolute Gasteiger partial charge is 0.165 e. The minimum Gasteiger partial charge on any atom is -0.494 e.